The van der Waals surface area contributed by atoms with E-state index in [1.54, 1.807) is 26.6 Å². The van der Waals surface area contributed by atoms with Crippen molar-refractivity contribution in [3.8, 4) is 11.5 Å². The summed E-state index contributed by atoms with van der Waals surface area (Å²) < 4.78 is 10.6. The highest BCUT2D eigenvalue weighted by molar-refractivity contribution is 5.91. The van der Waals surface area contributed by atoms with Crippen LogP contribution in [-0.4, -0.2) is 29.2 Å². The molecule has 0 aliphatic heterocycles. The SMILES string of the molecule is COc1ccc(CNc2ccnc(Nc3cccc4cccnc34)n2)cc1OC. The molecule has 29 heavy (non-hydrogen) atoms. The van der Waals surface area contributed by atoms with E-state index in [1.807, 2.05) is 54.6 Å². The second-order valence-corrected chi connectivity index (χ2v) is 6.31. The molecule has 0 aliphatic carbocycles. The number of nitrogens with one attached hydrogen (secondary N) is 2. The monoisotopic (exact) mass is 387 g/mol. The maximum Gasteiger partial charge on any atom is 0.229 e. The highest BCUT2D eigenvalue weighted by Crippen LogP contribution is 2.28. The number of ether oxygens (including phenoxy) is 2. The van der Waals surface area contributed by atoms with Crippen molar-refractivity contribution in [2.45, 2.75) is 6.54 Å². The Kier molecular flexibility index (Phi) is 5.38. The Labute approximate surface area is 168 Å². The van der Waals surface area contributed by atoms with Gasteiger partial charge in [-0.25, -0.2) is 4.98 Å². The van der Waals surface area contributed by atoms with Gasteiger partial charge in [-0.1, -0.05) is 24.3 Å². The Morgan fingerprint density at radius 2 is 1.72 bits per heavy atom. The molecule has 0 bridgehead atoms. The summed E-state index contributed by atoms with van der Waals surface area (Å²) in [5.74, 6) is 2.61. The van der Waals surface area contributed by atoms with Gasteiger partial charge < -0.3 is 20.1 Å². The van der Waals surface area contributed by atoms with Crippen LogP contribution in [0, 0.1) is 0 Å². The molecule has 7 heteroatoms. The summed E-state index contributed by atoms with van der Waals surface area (Å²) in [4.78, 5) is 13.3. The Hall–Kier alpha value is -3.87. The molecular formula is C22H21N5O2. The van der Waals surface area contributed by atoms with Crippen LogP contribution >= 0.6 is 0 Å². The highest BCUT2D eigenvalue weighted by atomic mass is 16.5. The number of hydrogen-bond acceptors (Lipinski definition) is 7. The third kappa shape index (κ3) is 4.19. The second-order valence-electron chi connectivity index (χ2n) is 6.31. The van der Waals surface area contributed by atoms with Crippen LogP contribution in [-0.2, 0) is 6.54 Å². The van der Waals surface area contributed by atoms with Crippen molar-refractivity contribution in [1.29, 1.82) is 0 Å². The zero-order valence-corrected chi connectivity index (χ0v) is 16.2. The molecule has 7 nitrogen and oxygen atoms in total. The number of anilines is 3. The van der Waals surface area contributed by atoms with Gasteiger partial charge >= 0.3 is 0 Å². The number of benzene rings is 2. The summed E-state index contributed by atoms with van der Waals surface area (Å²) in [6.07, 6.45) is 3.49. The van der Waals surface area contributed by atoms with E-state index in [1.165, 1.54) is 0 Å². The van der Waals surface area contributed by atoms with Gasteiger partial charge in [-0.15, -0.1) is 0 Å². The van der Waals surface area contributed by atoms with Crippen molar-refractivity contribution >= 4 is 28.4 Å². The fourth-order valence-electron chi connectivity index (χ4n) is 3.03. The summed E-state index contributed by atoms with van der Waals surface area (Å²) in [7, 11) is 3.25. The predicted octanol–water partition coefficient (Wildman–Crippen LogP) is 4.40. The number of methoxy groups -OCH3 is 2. The number of para-hydroxylation sites is 1. The third-order valence-electron chi connectivity index (χ3n) is 4.46. The molecule has 4 aromatic rings. The van der Waals surface area contributed by atoms with Crippen LogP contribution in [0.3, 0.4) is 0 Å². The number of fused-ring (bicyclic) bond motifs is 1. The average Bonchev–Trinajstić information content (AvgIpc) is 2.78. The molecule has 0 fully saturated rings. The summed E-state index contributed by atoms with van der Waals surface area (Å²) in [6, 6.07) is 17.5. The number of aromatic nitrogens is 3. The smallest absolute Gasteiger partial charge is 0.229 e. The van der Waals surface area contributed by atoms with Gasteiger partial charge in [0.25, 0.3) is 0 Å². The van der Waals surface area contributed by atoms with E-state index in [9.17, 15) is 0 Å². The van der Waals surface area contributed by atoms with E-state index >= 15 is 0 Å². The first-order valence-electron chi connectivity index (χ1n) is 9.15. The van der Waals surface area contributed by atoms with E-state index in [0.717, 1.165) is 22.2 Å². The van der Waals surface area contributed by atoms with Gasteiger partial charge in [-0.2, -0.15) is 4.98 Å². The molecule has 0 unspecified atom stereocenters. The van der Waals surface area contributed by atoms with Gasteiger partial charge in [0, 0.05) is 24.3 Å². The lowest BCUT2D eigenvalue weighted by Gasteiger charge is -2.11. The van der Waals surface area contributed by atoms with Crippen molar-refractivity contribution in [1.82, 2.24) is 15.0 Å². The minimum absolute atomic E-state index is 0.500. The van der Waals surface area contributed by atoms with E-state index < -0.39 is 0 Å². The highest BCUT2D eigenvalue weighted by Gasteiger charge is 2.07. The Bertz CT molecular complexity index is 1130. The van der Waals surface area contributed by atoms with Gasteiger partial charge in [0.2, 0.25) is 5.95 Å². The van der Waals surface area contributed by atoms with E-state index in [-0.39, 0.29) is 0 Å². The minimum Gasteiger partial charge on any atom is -0.493 e. The molecule has 0 aliphatic rings. The Morgan fingerprint density at radius 3 is 2.59 bits per heavy atom. The van der Waals surface area contributed by atoms with Crippen molar-refractivity contribution < 1.29 is 9.47 Å². The third-order valence-corrected chi connectivity index (χ3v) is 4.46. The van der Waals surface area contributed by atoms with E-state index in [0.29, 0.717) is 29.8 Å². The topological polar surface area (TPSA) is 81.2 Å². The molecule has 146 valence electrons. The van der Waals surface area contributed by atoms with Crippen LogP contribution in [0.4, 0.5) is 17.5 Å². The number of nitrogens with zero attached hydrogens (tertiary/aromatic N) is 3. The lowest BCUT2D eigenvalue weighted by molar-refractivity contribution is 0.354. The fourth-order valence-corrected chi connectivity index (χ4v) is 3.03. The Balaban J connectivity index is 1.49. The van der Waals surface area contributed by atoms with Gasteiger partial charge in [-0.05, 0) is 35.9 Å². The first-order chi connectivity index (χ1) is 14.3. The number of pyridine rings is 1. The zero-order valence-electron chi connectivity index (χ0n) is 16.2. The average molecular weight is 387 g/mol. The van der Waals surface area contributed by atoms with Crippen molar-refractivity contribution in [3.63, 3.8) is 0 Å². The van der Waals surface area contributed by atoms with Crippen LogP contribution in [0.1, 0.15) is 5.56 Å². The van der Waals surface area contributed by atoms with Gasteiger partial charge in [0.1, 0.15) is 5.82 Å². The quantitative estimate of drug-likeness (QED) is 0.486. The van der Waals surface area contributed by atoms with Crippen LogP contribution in [0.2, 0.25) is 0 Å². The van der Waals surface area contributed by atoms with Crippen LogP contribution < -0.4 is 20.1 Å². The first-order valence-corrected chi connectivity index (χ1v) is 9.15. The maximum absolute atomic E-state index is 5.36. The van der Waals surface area contributed by atoms with Crippen molar-refractivity contribution in [2.75, 3.05) is 24.9 Å². The number of rotatable bonds is 7. The molecule has 2 aromatic heterocycles. The zero-order chi connectivity index (χ0) is 20.1. The molecule has 4 rings (SSSR count). The summed E-state index contributed by atoms with van der Waals surface area (Å²) in [5.41, 5.74) is 2.79. The summed E-state index contributed by atoms with van der Waals surface area (Å²) in [5, 5.41) is 7.62. The van der Waals surface area contributed by atoms with Gasteiger partial charge in [-0.3, -0.25) is 4.98 Å². The molecular weight excluding hydrogens is 366 g/mol. The normalized spacial score (nSPS) is 10.6. The van der Waals surface area contributed by atoms with Crippen molar-refractivity contribution in [3.05, 3.63) is 72.6 Å². The standard InChI is InChI=1S/C22H21N5O2/c1-28-18-9-8-15(13-19(18)29-2)14-25-20-10-12-24-22(27-20)26-17-7-3-5-16-6-4-11-23-21(16)17/h3-13H,14H2,1-2H3,(H2,24,25,26,27). The number of hydrogen-bond donors (Lipinski definition) is 2. The minimum atomic E-state index is 0.500. The molecule has 2 N–H and O–H groups in total. The largest absolute Gasteiger partial charge is 0.493 e. The second kappa shape index (κ2) is 8.43. The molecule has 2 heterocycles. The van der Waals surface area contributed by atoms with E-state index in [4.69, 9.17) is 9.47 Å². The Morgan fingerprint density at radius 1 is 0.862 bits per heavy atom. The van der Waals surface area contributed by atoms with Crippen molar-refractivity contribution in [2.24, 2.45) is 0 Å². The molecule has 0 saturated heterocycles. The molecule has 0 radical (unpaired) electrons. The van der Waals surface area contributed by atoms with Gasteiger partial charge in [0.15, 0.2) is 11.5 Å². The van der Waals surface area contributed by atoms with Crippen LogP contribution in [0.15, 0.2) is 67.0 Å². The van der Waals surface area contributed by atoms with E-state index in [2.05, 4.69) is 25.6 Å². The summed E-state index contributed by atoms with van der Waals surface area (Å²) in [6.45, 7) is 0.590. The molecule has 2 aromatic carbocycles. The predicted molar refractivity (Wildman–Crippen MR) is 114 cm³/mol. The maximum atomic E-state index is 5.36. The first kappa shape index (κ1) is 18.5. The van der Waals surface area contributed by atoms with Gasteiger partial charge in [0.05, 0.1) is 25.4 Å². The molecule has 0 spiro atoms. The lowest BCUT2D eigenvalue weighted by Crippen LogP contribution is -2.05. The lowest BCUT2D eigenvalue weighted by atomic mass is 10.2. The fraction of sp³-hybridized carbons (Fsp3) is 0.136. The van der Waals surface area contributed by atoms with Crippen LogP contribution in [0.25, 0.3) is 10.9 Å². The molecule has 0 saturated carbocycles. The molecule has 0 amide bonds. The van der Waals surface area contributed by atoms with Crippen LogP contribution in [0.5, 0.6) is 11.5 Å². The summed E-state index contributed by atoms with van der Waals surface area (Å²) >= 11 is 0. The molecule has 0 atom stereocenters.